The summed E-state index contributed by atoms with van der Waals surface area (Å²) in [5.74, 6) is -0.201. The highest BCUT2D eigenvalue weighted by molar-refractivity contribution is 7.21. The van der Waals surface area contributed by atoms with Crippen molar-refractivity contribution in [3.63, 3.8) is 0 Å². The number of hydrogen-bond acceptors (Lipinski definition) is 7. The molecule has 35 heavy (non-hydrogen) atoms. The van der Waals surface area contributed by atoms with Gasteiger partial charge in [-0.05, 0) is 67.9 Å². The number of rotatable bonds is 8. The van der Waals surface area contributed by atoms with Crippen molar-refractivity contribution < 1.29 is 23.8 Å². The van der Waals surface area contributed by atoms with E-state index < -0.39 is 5.97 Å². The molecule has 0 aliphatic heterocycles. The first kappa shape index (κ1) is 24.4. The van der Waals surface area contributed by atoms with Gasteiger partial charge in [0.15, 0.2) is 11.5 Å². The molecule has 0 aliphatic rings. The summed E-state index contributed by atoms with van der Waals surface area (Å²) in [6.07, 6.45) is 1.66. The summed E-state index contributed by atoms with van der Waals surface area (Å²) < 4.78 is 17.2. The van der Waals surface area contributed by atoms with Crippen LogP contribution in [0.25, 0.3) is 10.1 Å². The Hall–Kier alpha value is -3.68. The number of benzene rings is 3. The number of thiophene rings is 1. The molecule has 0 N–H and O–H groups in total. The maximum atomic E-state index is 12.9. The Morgan fingerprint density at radius 3 is 2.43 bits per heavy atom. The number of carbonyl (C=O) groups is 2. The van der Waals surface area contributed by atoms with E-state index in [2.05, 4.69) is 4.99 Å². The first-order chi connectivity index (χ1) is 17.0. The molecule has 8 heteroatoms. The molecule has 1 aromatic heterocycles. The third kappa shape index (κ3) is 5.70. The first-order valence-corrected chi connectivity index (χ1v) is 12.2. The van der Waals surface area contributed by atoms with Gasteiger partial charge in [0, 0.05) is 16.3 Å². The molecule has 1 heterocycles. The van der Waals surface area contributed by atoms with Crippen molar-refractivity contribution in [2.24, 2.45) is 4.99 Å². The molecule has 0 bridgehead atoms. The Morgan fingerprint density at radius 1 is 0.943 bits per heavy atom. The van der Waals surface area contributed by atoms with Crippen molar-refractivity contribution >= 4 is 56.9 Å². The zero-order valence-corrected chi connectivity index (χ0v) is 20.7. The van der Waals surface area contributed by atoms with Gasteiger partial charge in [0.1, 0.15) is 4.88 Å². The molecule has 178 valence electrons. The lowest BCUT2D eigenvalue weighted by Crippen LogP contribution is -2.08. The molecule has 4 rings (SSSR count). The van der Waals surface area contributed by atoms with Crippen LogP contribution in [-0.2, 0) is 4.74 Å². The third-order valence-corrected chi connectivity index (χ3v) is 6.59. The third-order valence-electron chi connectivity index (χ3n) is 4.93. The van der Waals surface area contributed by atoms with E-state index in [0.29, 0.717) is 45.9 Å². The molecular formula is C27H22ClNO5S. The number of ether oxygens (including phenoxy) is 3. The Labute approximate surface area is 211 Å². The van der Waals surface area contributed by atoms with E-state index in [-0.39, 0.29) is 5.97 Å². The molecule has 3 aromatic carbocycles. The lowest BCUT2D eigenvalue weighted by atomic mass is 10.2. The van der Waals surface area contributed by atoms with E-state index in [0.717, 1.165) is 15.6 Å². The van der Waals surface area contributed by atoms with Gasteiger partial charge in [-0.3, -0.25) is 4.99 Å². The SMILES string of the molecule is CCOC(=O)c1ccc(N=Cc2ccc(OC(=O)c3sc4ccccc4c3Cl)c(OCC)c2)cc1. The van der Waals surface area contributed by atoms with Crippen LogP contribution in [0.5, 0.6) is 11.5 Å². The van der Waals surface area contributed by atoms with Crippen molar-refractivity contribution in [2.75, 3.05) is 13.2 Å². The van der Waals surface area contributed by atoms with Crippen molar-refractivity contribution in [3.05, 3.63) is 87.8 Å². The van der Waals surface area contributed by atoms with Crippen LogP contribution >= 0.6 is 22.9 Å². The Bertz CT molecular complexity index is 1390. The van der Waals surface area contributed by atoms with Crippen LogP contribution in [0.15, 0.2) is 71.7 Å². The highest BCUT2D eigenvalue weighted by Gasteiger charge is 2.20. The summed E-state index contributed by atoms with van der Waals surface area (Å²) >= 11 is 7.71. The highest BCUT2D eigenvalue weighted by atomic mass is 35.5. The van der Waals surface area contributed by atoms with Gasteiger partial charge in [-0.25, -0.2) is 9.59 Å². The van der Waals surface area contributed by atoms with Gasteiger partial charge < -0.3 is 14.2 Å². The fourth-order valence-corrected chi connectivity index (χ4v) is 4.68. The summed E-state index contributed by atoms with van der Waals surface area (Å²) in [6.45, 7) is 4.33. The fraction of sp³-hybridized carbons (Fsp3) is 0.148. The number of halogens is 1. The van der Waals surface area contributed by atoms with Gasteiger partial charge in [0.2, 0.25) is 0 Å². The van der Waals surface area contributed by atoms with Crippen molar-refractivity contribution in [1.82, 2.24) is 0 Å². The quantitative estimate of drug-likeness (QED) is 0.144. The van der Waals surface area contributed by atoms with Gasteiger partial charge >= 0.3 is 11.9 Å². The Kier molecular flexibility index (Phi) is 7.80. The van der Waals surface area contributed by atoms with Crippen molar-refractivity contribution in [1.29, 1.82) is 0 Å². The summed E-state index contributed by atoms with van der Waals surface area (Å²) in [5, 5.41) is 1.20. The monoisotopic (exact) mass is 507 g/mol. The smallest absolute Gasteiger partial charge is 0.355 e. The maximum absolute atomic E-state index is 12.9. The van der Waals surface area contributed by atoms with Crippen molar-refractivity contribution in [2.45, 2.75) is 13.8 Å². The zero-order chi connectivity index (χ0) is 24.8. The molecule has 0 radical (unpaired) electrons. The van der Waals surface area contributed by atoms with Crippen LogP contribution in [0.3, 0.4) is 0 Å². The Balaban J connectivity index is 1.52. The number of carbonyl (C=O) groups excluding carboxylic acids is 2. The number of esters is 2. The van der Waals surface area contributed by atoms with Crippen LogP contribution < -0.4 is 9.47 Å². The van der Waals surface area contributed by atoms with E-state index in [9.17, 15) is 9.59 Å². The molecule has 0 aliphatic carbocycles. The second kappa shape index (κ2) is 11.2. The molecule has 4 aromatic rings. The predicted octanol–water partition coefficient (Wildman–Crippen LogP) is 7.10. The molecule has 0 unspecified atom stereocenters. The molecule has 0 spiro atoms. The molecule has 0 atom stereocenters. The molecular weight excluding hydrogens is 486 g/mol. The topological polar surface area (TPSA) is 74.2 Å². The number of aliphatic imine (C=N–C) groups is 1. The molecule has 0 saturated carbocycles. The van der Waals surface area contributed by atoms with Crippen molar-refractivity contribution in [3.8, 4) is 11.5 Å². The molecule has 6 nitrogen and oxygen atoms in total. The van der Waals surface area contributed by atoms with E-state index in [1.54, 1.807) is 55.6 Å². The Morgan fingerprint density at radius 2 is 1.71 bits per heavy atom. The minimum Gasteiger partial charge on any atom is -0.490 e. The summed E-state index contributed by atoms with van der Waals surface area (Å²) in [5.41, 5.74) is 1.89. The molecule has 0 saturated heterocycles. The summed E-state index contributed by atoms with van der Waals surface area (Å²) in [4.78, 5) is 29.4. The number of nitrogens with zero attached hydrogens (tertiary/aromatic N) is 1. The van der Waals surface area contributed by atoms with E-state index in [4.69, 9.17) is 25.8 Å². The lowest BCUT2D eigenvalue weighted by molar-refractivity contribution is 0.0526. The van der Waals surface area contributed by atoms with Crippen LogP contribution in [0.1, 0.15) is 39.4 Å². The summed E-state index contributed by atoms with van der Waals surface area (Å²) in [7, 11) is 0. The van der Waals surface area contributed by atoms with E-state index in [1.807, 2.05) is 31.2 Å². The largest absolute Gasteiger partial charge is 0.490 e. The van der Waals surface area contributed by atoms with Crippen LogP contribution in [0, 0.1) is 0 Å². The second-order valence-corrected chi connectivity index (χ2v) is 8.73. The average molecular weight is 508 g/mol. The molecule has 0 amide bonds. The lowest BCUT2D eigenvalue weighted by Gasteiger charge is -2.11. The number of fused-ring (bicyclic) bond motifs is 1. The highest BCUT2D eigenvalue weighted by Crippen LogP contribution is 2.37. The van der Waals surface area contributed by atoms with Crippen LogP contribution in [-0.4, -0.2) is 31.4 Å². The fourth-order valence-electron chi connectivity index (χ4n) is 3.30. The van der Waals surface area contributed by atoms with Gasteiger partial charge in [-0.2, -0.15) is 0 Å². The predicted molar refractivity (Wildman–Crippen MR) is 139 cm³/mol. The maximum Gasteiger partial charge on any atom is 0.355 e. The summed E-state index contributed by atoms with van der Waals surface area (Å²) in [6, 6.07) is 19.5. The number of hydrogen-bond donors (Lipinski definition) is 0. The molecule has 0 fully saturated rings. The minimum atomic E-state index is -0.541. The standard InChI is InChI=1S/C27H22ClNO5S/c1-3-32-22-15-17(16-29-19-12-10-18(11-13-19)26(30)33-4-2)9-14-21(22)34-27(31)25-24(28)20-7-5-6-8-23(20)35-25/h5-16H,3-4H2,1-2H3. The normalized spacial score (nSPS) is 11.1. The van der Waals surface area contributed by atoms with Gasteiger partial charge in [-0.1, -0.05) is 29.8 Å². The van der Waals surface area contributed by atoms with E-state index >= 15 is 0 Å². The van der Waals surface area contributed by atoms with Gasteiger partial charge in [0.05, 0.1) is 29.5 Å². The van der Waals surface area contributed by atoms with Crippen LogP contribution in [0.2, 0.25) is 5.02 Å². The zero-order valence-electron chi connectivity index (χ0n) is 19.1. The minimum absolute atomic E-state index is 0.293. The van der Waals surface area contributed by atoms with Gasteiger partial charge in [0.25, 0.3) is 0 Å². The average Bonchev–Trinajstić information content (AvgIpc) is 3.21. The first-order valence-electron chi connectivity index (χ1n) is 11.0. The van der Waals surface area contributed by atoms with Crippen LogP contribution in [0.4, 0.5) is 5.69 Å². The van der Waals surface area contributed by atoms with E-state index in [1.165, 1.54) is 11.3 Å². The second-order valence-electron chi connectivity index (χ2n) is 7.30. The van der Waals surface area contributed by atoms with Gasteiger partial charge in [-0.15, -0.1) is 11.3 Å².